The standard InChI is InChI=1S/C22H22FN3O2/c1-26-22(28)18-9-5-4-8-17(18)20(25-26)21(27)24-19(14-6-2-3-7-14)15-10-12-16(23)13-11-15/h4-5,8-14,19H,2-3,6-7H2,1H3,(H,24,27). The first kappa shape index (κ1) is 18.3. The molecule has 28 heavy (non-hydrogen) atoms. The van der Waals surface area contributed by atoms with Crippen LogP contribution in [0, 0.1) is 11.7 Å². The smallest absolute Gasteiger partial charge is 0.274 e. The third kappa shape index (κ3) is 3.42. The van der Waals surface area contributed by atoms with Crippen molar-refractivity contribution >= 4 is 16.7 Å². The summed E-state index contributed by atoms with van der Waals surface area (Å²) in [5, 5.41) is 8.33. The molecule has 5 nitrogen and oxygen atoms in total. The predicted octanol–water partition coefficient (Wildman–Crippen LogP) is 3.73. The molecular formula is C22H22FN3O2. The van der Waals surface area contributed by atoms with Crippen LogP contribution >= 0.6 is 0 Å². The maximum Gasteiger partial charge on any atom is 0.274 e. The Kier molecular flexibility index (Phi) is 4.94. The van der Waals surface area contributed by atoms with Crippen molar-refractivity contribution in [3.8, 4) is 0 Å². The number of nitrogens with zero attached hydrogens (tertiary/aromatic N) is 2. The van der Waals surface area contributed by atoms with Crippen LogP contribution in [-0.2, 0) is 7.05 Å². The van der Waals surface area contributed by atoms with Crippen molar-refractivity contribution in [1.82, 2.24) is 15.1 Å². The number of rotatable bonds is 4. The molecule has 1 amide bonds. The fourth-order valence-corrected chi connectivity index (χ4v) is 4.11. The summed E-state index contributed by atoms with van der Waals surface area (Å²) in [7, 11) is 1.54. The molecule has 1 heterocycles. The molecule has 0 radical (unpaired) electrons. The second kappa shape index (κ2) is 7.54. The molecule has 0 saturated heterocycles. The van der Waals surface area contributed by atoms with Gasteiger partial charge in [-0.05, 0) is 42.5 Å². The monoisotopic (exact) mass is 379 g/mol. The highest BCUT2D eigenvalue weighted by atomic mass is 19.1. The Hall–Kier alpha value is -3.02. The first-order valence-corrected chi connectivity index (χ1v) is 9.57. The van der Waals surface area contributed by atoms with Crippen molar-refractivity contribution in [3.63, 3.8) is 0 Å². The molecule has 0 spiro atoms. The zero-order valence-corrected chi connectivity index (χ0v) is 15.7. The summed E-state index contributed by atoms with van der Waals surface area (Å²) in [4.78, 5) is 25.5. The largest absolute Gasteiger partial charge is 0.344 e. The molecule has 1 aromatic heterocycles. The van der Waals surface area contributed by atoms with Crippen molar-refractivity contribution in [2.24, 2.45) is 13.0 Å². The van der Waals surface area contributed by atoms with E-state index in [-0.39, 0.29) is 29.0 Å². The van der Waals surface area contributed by atoms with E-state index in [1.807, 2.05) is 0 Å². The van der Waals surface area contributed by atoms with E-state index in [0.29, 0.717) is 16.7 Å². The van der Waals surface area contributed by atoms with Crippen LogP contribution < -0.4 is 10.9 Å². The average Bonchev–Trinajstić information content (AvgIpc) is 3.24. The highest BCUT2D eigenvalue weighted by molar-refractivity contribution is 6.04. The molecule has 1 saturated carbocycles. The van der Waals surface area contributed by atoms with Crippen LogP contribution in [0.2, 0.25) is 0 Å². The lowest BCUT2D eigenvalue weighted by molar-refractivity contribution is 0.0916. The lowest BCUT2D eigenvalue weighted by Gasteiger charge is -2.25. The van der Waals surface area contributed by atoms with Gasteiger partial charge in [-0.1, -0.05) is 43.2 Å². The van der Waals surface area contributed by atoms with Gasteiger partial charge in [0.15, 0.2) is 5.69 Å². The zero-order valence-electron chi connectivity index (χ0n) is 15.7. The predicted molar refractivity (Wildman–Crippen MR) is 106 cm³/mol. The summed E-state index contributed by atoms with van der Waals surface area (Å²) in [6, 6.07) is 13.1. The van der Waals surface area contributed by atoms with Crippen molar-refractivity contribution in [2.75, 3.05) is 0 Å². The summed E-state index contributed by atoms with van der Waals surface area (Å²) in [5.74, 6) is -0.327. The van der Waals surface area contributed by atoms with Crippen molar-refractivity contribution < 1.29 is 9.18 Å². The number of carbonyl (C=O) groups excluding carboxylic acids is 1. The van der Waals surface area contributed by atoms with Gasteiger partial charge in [0, 0.05) is 12.4 Å². The van der Waals surface area contributed by atoms with E-state index >= 15 is 0 Å². The average molecular weight is 379 g/mol. The van der Waals surface area contributed by atoms with Crippen LogP contribution in [0.5, 0.6) is 0 Å². The van der Waals surface area contributed by atoms with E-state index in [1.54, 1.807) is 43.4 Å². The van der Waals surface area contributed by atoms with Crippen LogP contribution in [0.4, 0.5) is 4.39 Å². The van der Waals surface area contributed by atoms with E-state index in [9.17, 15) is 14.0 Å². The Balaban J connectivity index is 1.72. The molecule has 3 aromatic rings. The SMILES string of the molecule is Cn1nc(C(=O)NC(c2ccc(F)cc2)C2CCCC2)c2ccccc2c1=O. The molecule has 1 atom stereocenters. The van der Waals surface area contributed by atoms with Crippen LogP contribution in [0.1, 0.15) is 47.8 Å². The van der Waals surface area contributed by atoms with Gasteiger partial charge in [0.2, 0.25) is 0 Å². The summed E-state index contributed by atoms with van der Waals surface area (Å²) in [5.41, 5.74) is 0.872. The quantitative estimate of drug-likeness (QED) is 0.751. The summed E-state index contributed by atoms with van der Waals surface area (Å²) in [6.07, 6.45) is 4.28. The second-order valence-corrected chi connectivity index (χ2v) is 7.37. The normalized spacial score (nSPS) is 15.6. The van der Waals surface area contributed by atoms with Gasteiger partial charge in [-0.15, -0.1) is 0 Å². The fraction of sp³-hybridized carbons (Fsp3) is 0.318. The number of benzene rings is 2. The Morgan fingerprint density at radius 2 is 1.75 bits per heavy atom. The lowest BCUT2D eigenvalue weighted by atomic mass is 9.91. The van der Waals surface area contributed by atoms with Crippen LogP contribution in [-0.4, -0.2) is 15.7 Å². The Bertz CT molecular complexity index is 1070. The lowest BCUT2D eigenvalue weighted by Crippen LogP contribution is -2.35. The first-order chi connectivity index (χ1) is 13.5. The van der Waals surface area contributed by atoms with E-state index in [1.165, 1.54) is 16.8 Å². The van der Waals surface area contributed by atoms with Gasteiger partial charge in [0.05, 0.1) is 11.4 Å². The molecule has 0 bridgehead atoms. The third-order valence-electron chi connectivity index (χ3n) is 5.56. The number of carbonyl (C=O) groups is 1. The Morgan fingerprint density at radius 1 is 1.11 bits per heavy atom. The number of aryl methyl sites for hydroxylation is 1. The molecule has 1 N–H and O–H groups in total. The van der Waals surface area contributed by atoms with Crippen molar-refractivity contribution in [3.05, 3.63) is 76.0 Å². The minimum Gasteiger partial charge on any atom is -0.344 e. The molecule has 1 aliphatic carbocycles. The molecular weight excluding hydrogens is 357 g/mol. The highest BCUT2D eigenvalue weighted by Gasteiger charge is 2.29. The number of hydrogen-bond donors (Lipinski definition) is 1. The second-order valence-electron chi connectivity index (χ2n) is 7.37. The topological polar surface area (TPSA) is 64.0 Å². The Labute approximate surface area is 162 Å². The zero-order chi connectivity index (χ0) is 19.7. The first-order valence-electron chi connectivity index (χ1n) is 9.57. The summed E-state index contributed by atoms with van der Waals surface area (Å²) < 4.78 is 14.6. The highest BCUT2D eigenvalue weighted by Crippen LogP contribution is 2.36. The number of nitrogens with one attached hydrogen (secondary N) is 1. The molecule has 1 aliphatic rings. The molecule has 1 unspecified atom stereocenters. The number of aromatic nitrogens is 2. The maximum atomic E-state index is 13.4. The minimum absolute atomic E-state index is 0.214. The van der Waals surface area contributed by atoms with Gasteiger partial charge in [-0.25, -0.2) is 9.07 Å². The van der Waals surface area contributed by atoms with E-state index < -0.39 is 0 Å². The molecule has 2 aromatic carbocycles. The number of amides is 1. The van der Waals surface area contributed by atoms with Gasteiger partial charge >= 0.3 is 0 Å². The van der Waals surface area contributed by atoms with Gasteiger partial charge in [-0.3, -0.25) is 9.59 Å². The van der Waals surface area contributed by atoms with Crippen molar-refractivity contribution in [2.45, 2.75) is 31.7 Å². The molecule has 0 aliphatic heterocycles. The van der Waals surface area contributed by atoms with Gasteiger partial charge < -0.3 is 5.32 Å². The number of hydrogen-bond acceptors (Lipinski definition) is 3. The molecule has 1 fully saturated rings. The van der Waals surface area contributed by atoms with E-state index in [4.69, 9.17) is 0 Å². The van der Waals surface area contributed by atoms with Crippen LogP contribution in [0.3, 0.4) is 0 Å². The minimum atomic E-state index is -0.326. The number of fused-ring (bicyclic) bond motifs is 1. The van der Waals surface area contributed by atoms with E-state index in [0.717, 1.165) is 31.2 Å². The third-order valence-corrected chi connectivity index (χ3v) is 5.56. The van der Waals surface area contributed by atoms with Crippen LogP contribution in [0.15, 0.2) is 53.3 Å². The van der Waals surface area contributed by atoms with Crippen LogP contribution in [0.25, 0.3) is 10.8 Å². The van der Waals surface area contributed by atoms with Gasteiger partial charge in [0.1, 0.15) is 5.82 Å². The maximum absolute atomic E-state index is 13.4. The molecule has 144 valence electrons. The summed E-state index contributed by atoms with van der Waals surface area (Å²) >= 11 is 0. The molecule has 6 heteroatoms. The molecule has 4 rings (SSSR count). The fourth-order valence-electron chi connectivity index (χ4n) is 4.11. The van der Waals surface area contributed by atoms with Gasteiger partial charge in [-0.2, -0.15) is 5.10 Å². The summed E-state index contributed by atoms with van der Waals surface area (Å²) in [6.45, 7) is 0. The van der Waals surface area contributed by atoms with Gasteiger partial charge in [0.25, 0.3) is 11.5 Å². The van der Waals surface area contributed by atoms with E-state index in [2.05, 4.69) is 10.4 Å². The van der Waals surface area contributed by atoms with Crippen molar-refractivity contribution in [1.29, 1.82) is 0 Å². The number of halogens is 1. The Morgan fingerprint density at radius 3 is 2.43 bits per heavy atom.